The molecule has 2 aromatic rings. The van der Waals surface area contributed by atoms with E-state index >= 15 is 0 Å². The van der Waals surface area contributed by atoms with Gasteiger partial charge in [-0.2, -0.15) is 0 Å². The molecule has 1 heterocycles. The van der Waals surface area contributed by atoms with Crippen molar-refractivity contribution in [2.24, 2.45) is 5.73 Å². The number of hydrogen-bond acceptors (Lipinski definition) is 4. The highest BCUT2D eigenvalue weighted by Gasteiger charge is 2.09. The molecule has 19 heavy (non-hydrogen) atoms. The van der Waals surface area contributed by atoms with Crippen molar-refractivity contribution in [3.05, 3.63) is 36.0 Å². The van der Waals surface area contributed by atoms with Crippen LogP contribution in [0.1, 0.15) is 19.0 Å². The van der Waals surface area contributed by atoms with Gasteiger partial charge in [-0.15, -0.1) is 12.4 Å². The highest BCUT2D eigenvalue weighted by atomic mass is 35.5. The van der Waals surface area contributed by atoms with Gasteiger partial charge in [0.25, 0.3) is 0 Å². The van der Waals surface area contributed by atoms with E-state index in [4.69, 9.17) is 15.0 Å². The fourth-order valence-electron chi connectivity index (χ4n) is 1.71. The molecule has 1 aromatic carbocycles. The van der Waals surface area contributed by atoms with Crippen molar-refractivity contribution in [2.45, 2.75) is 25.8 Å². The van der Waals surface area contributed by atoms with E-state index in [9.17, 15) is 0 Å². The van der Waals surface area contributed by atoms with Crippen LogP contribution in [0.4, 0.5) is 0 Å². The molecule has 1 unspecified atom stereocenters. The molecule has 0 aliphatic heterocycles. The molecular weight excluding hydrogens is 264 g/mol. The quantitative estimate of drug-likeness (QED) is 0.915. The molecular formula is C14H19ClN2O2. The van der Waals surface area contributed by atoms with E-state index in [0.717, 1.165) is 35.6 Å². The Hall–Kier alpha value is -1.52. The van der Waals surface area contributed by atoms with Gasteiger partial charge < -0.3 is 15.0 Å². The van der Waals surface area contributed by atoms with Crippen LogP contribution >= 0.6 is 12.4 Å². The van der Waals surface area contributed by atoms with Crippen LogP contribution in [0.25, 0.3) is 11.3 Å². The zero-order valence-electron chi connectivity index (χ0n) is 11.1. The van der Waals surface area contributed by atoms with Crippen molar-refractivity contribution in [3.8, 4) is 17.1 Å². The Morgan fingerprint density at radius 3 is 2.58 bits per heavy atom. The van der Waals surface area contributed by atoms with Gasteiger partial charge in [-0.3, -0.25) is 0 Å². The van der Waals surface area contributed by atoms with Crippen molar-refractivity contribution in [1.29, 1.82) is 0 Å². The highest BCUT2D eigenvalue weighted by Crippen LogP contribution is 2.23. The predicted molar refractivity (Wildman–Crippen MR) is 77.7 cm³/mol. The van der Waals surface area contributed by atoms with Crippen LogP contribution in [0.3, 0.4) is 0 Å². The van der Waals surface area contributed by atoms with Crippen molar-refractivity contribution in [1.82, 2.24) is 5.16 Å². The number of ether oxygens (including phenoxy) is 1. The van der Waals surface area contributed by atoms with Crippen molar-refractivity contribution in [3.63, 3.8) is 0 Å². The molecule has 2 rings (SSSR count). The van der Waals surface area contributed by atoms with E-state index in [1.165, 1.54) is 0 Å². The molecule has 1 aromatic heterocycles. The second-order valence-electron chi connectivity index (χ2n) is 4.28. The van der Waals surface area contributed by atoms with Crippen LogP contribution in [0, 0.1) is 0 Å². The van der Waals surface area contributed by atoms with Crippen LogP contribution in [0.2, 0.25) is 0 Å². The molecule has 0 fully saturated rings. The topological polar surface area (TPSA) is 61.3 Å². The highest BCUT2D eigenvalue weighted by molar-refractivity contribution is 5.85. The largest absolute Gasteiger partial charge is 0.497 e. The van der Waals surface area contributed by atoms with Gasteiger partial charge in [0.05, 0.1) is 12.8 Å². The van der Waals surface area contributed by atoms with Gasteiger partial charge in [0.2, 0.25) is 0 Å². The lowest BCUT2D eigenvalue weighted by Crippen LogP contribution is -2.21. The van der Waals surface area contributed by atoms with E-state index < -0.39 is 0 Å². The monoisotopic (exact) mass is 282 g/mol. The maximum atomic E-state index is 5.89. The summed E-state index contributed by atoms with van der Waals surface area (Å²) < 4.78 is 10.4. The third-order valence-electron chi connectivity index (χ3n) is 2.93. The first-order chi connectivity index (χ1) is 8.72. The Morgan fingerprint density at radius 1 is 1.32 bits per heavy atom. The molecule has 0 saturated carbocycles. The summed E-state index contributed by atoms with van der Waals surface area (Å²) in [5, 5.41) is 4.04. The zero-order chi connectivity index (χ0) is 13.0. The standard InChI is InChI=1S/C14H18N2O2.ClH/c1-3-11(15)8-12-9-14(18-16-12)10-4-6-13(17-2)7-5-10;/h4-7,9,11H,3,8,15H2,1-2H3;1H. The second-order valence-corrected chi connectivity index (χ2v) is 4.28. The summed E-state index contributed by atoms with van der Waals surface area (Å²) in [5.41, 5.74) is 7.78. The summed E-state index contributed by atoms with van der Waals surface area (Å²) >= 11 is 0. The molecule has 4 nitrogen and oxygen atoms in total. The fourth-order valence-corrected chi connectivity index (χ4v) is 1.71. The third-order valence-corrected chi connectivity index (χ3v) is 2.93. The first-order valence-corrected chi connectivity index (χ1v) is 6.08. The number of halogens is 1. The summed E-state index contributed by atoms with van der Waals surface area (Å²) in [6.45, 7) is 2.06. The molecule has 2 N–H and O–H groups in total. The van der Waals surface area contributed by atoms with Crippen molar-refractivity contribution >= 4 is 12.4 Å². The summed E-state index contributed by atoms with van der Waals surface area (Å²) in [6, 6.07) is 9.77. The summed E-state index contributed by atoms with van der Waals surface area (Å²) in [6.07, 6.45) is 1.68. The summed E-state index contributed by atoms with van der Waals surface area (Å²) in [7, 11) is 1.65. The van der Waals surface area contributed by atoms with Crippen LogP contribution in [0.15, 0.2) is 34.9 Å². The Bertz CT molecular complexity index is 496. The third kappa shape index (κ3) is 3.98. The average Bonchev–Trinajstić information content (AvgIpc) is 2.87. The number of aromatic nitrogens is 1. The van der Waals surface area contributed by atoms with Gasteiger partial charge in [-0.25, -0.2) is 0 Å². The van der Waals surface area contributed by atoms with E-state index in [1.54, 1.807) is 7.11 Å². The number of hydrogen-bond donors (Lipinski definition) is 1. The minimum absolute atomic E-state index is 0. The molecule has 0 amide bonds. The molecule has 5 heteroatoms. The maximum Gasteiger partial charge on any atom is 0.167 e. The van der Waals surface area contributed by atoms with Gasteiger partial charge in [-0.05, 0) is 30.7 Å². The van der Waals surface area contributed by atoms with E-state index in [-0.39, 0.29) is 18.4 Å². The SMILES string of the molecule is CCC(N)Cc1cc(-c2ccc(OC)cc2)on1.Cl. The molecule has 0 bridgehead atoms. The minimum atomic E-state index is 0. The molecule has 0 aliphatic carbocycles. The Labute approximate surface area is 119 Å². The van der Waals surface area contributed by atoms with E-state index in [0.29, 0.717) is 0 Å². The van der Waals surface area contributed by atoms with Gasteiger partial charge in [0.15, 0.2) is 5.76 Å². The maximum absolute atomic E-state index is 5.89. The lowest BCUT2D eigenvalue weighted by atomic mass is 10.1. The molecule has 0 aliphatic rings. The molecule has 0 saturated heterocycles. The number of nitrogens with zero attached hydrogens (tertiary/aromatic N) is 1. The van der Waals surface area contributed by atoms with Crippen molar-refractivity contribution in [2.75, 3.05) is 7.11 Å². The predicted octanol–water partition coefficient (Wildman–Crippen LogP) is 3.05. The molecule has 0 radical (unpaired) electrons. The lowest BCUT2D eigenvalue weighted by molar-refractivity contribution is 0.413. The van der Waals surface area contributed by atoms with Gasteiger partial charge in [0.1, 0.15) is 5.75 Å². The molecule has 1 atom stereocenters. The minimum Gasteiger partial charge on any atom is -0.497 e. The zero-order valence-corrected chi connectivity index (χ0v) is 11.9. The normalized spacial score (nSPS) is 11.7. The van der Waals surface area contributed by atoms with Crippen LogP contribution in [0.5, 0.6) is 5.75 Å². The van der Waals surface area contributed by atoms with Crippen LogP contribution in [-0.4, -0.2) is 18.3 Å². The molecule has 0 spiro atoms. The smallest absolute Gasteiger partial charge is 0.167 e. The first kappa shape index (κ1) is 15.5. The number of methoxy groups -OCH3 is 1. The second kappa shape index (κ2) is 7.16. The van der Waals surface area contributed by atoms with Gasteiger partial charge in [0, 0.05) is 24.1 Å². The Balaban J connectivity index is 0.00000180. The van der Waals surface area contributed by atoms with Crippen LogP contribution < -0.4 is 10.5 Å². The first-order valence-electron chi connectivity index (χ1n) is 6.08. The summed E-state index contributed by atoms with van der Waals surface area (Å²) in [4.78, 5) is 0. The van der Waals surface area contributed by atoms with Gasteiger partial charge >= 0.3 is 0 Å². The van der Waals surface area contributed by atoms with Crippen LogP contribution in [-0.2, 0) is 6.42 Å². The average molecular weight is 283 g/mol. The Kier molecular flexibility index (Phi) is 5.86. The number of nitrogens with two attached hydrogens (primary N) is 1. The van der Waals surface area contributed by atoms with E-state index in [1.807, 2.05) is 30.3 Å². The Morgan fingerprint density at radius 2 is 2.00 bits per heavy atom. The number of benzene rings is 1. The van der Waals surface area contributed by atoms with Crippen molar-refractivity contribution < 1.29 is 9.26 Å². The summed E-state index contributed by atoms with van der Waals surface area (Å²) in [5.74, 6) is 1.59. The lowest BCUT2D eigenvalue weighted by Gasteiger charge is -2.03. The van der Waals surface area contributed by atoms with E-state index in [2.05, 4.69) is 12.1 Å². The molecule has 104 valence electrons. The number of rotatable bonds is 5. The van der Waals surface area contributed by atoms with Gasteiger partial charge in [-0.1, -0.05) is 12.1 Å². The fraction of sp³-hybridized carbons (Fsp3) is 0.357.